The number of ketones is 1. The highest BCUT2D eigenvalue weighted by molar-refractivity contribution is 6.30. The largest absolute Gasteiger partial charge is 0.619 e. The van der Waals surface area contributed by atoms with Crippen LogP contribution in [0.2, 0.25) is 5.02 Å². The van der Waals surface area contributed by atoms with Gasteiger partial charge in [0.2, 0.25) is 5.78 Å². The summed E-state index contributed by atoms with van der Waals surface area (Å²) in [6.07, 6.45) is 1.43. The van der Waals surface area contributed by atoms with Crippen LogP contribution in [-0.4, -0.2) is 17.9 Å². The predicted molar refractivity (Wildman–Crippen MR) is 76.1 cm³/mol. The average molecular weight is 306 g/mol. The van der Waals surface area contributed by atoms with Crippen LogP contribution < -0.4 is 4.73 Å². The molecule has 0 aliphatic rings. The number of pyridine rings is 1. The van der Waals surface area contributed by atoms with Gasteiger partial charge < -0.3 is 9.94 Å². The van der Waals surface area contributed by atoms with Gasteiger partial charge in [-0.1, -0.05) is 11.6 Å². The smallest absolute Gasteiger partial charge is 0.339 e. The average Bonchev–Trinajstić information content (AvgIpc) is 2.47. The Hall–Kier alpha value is -2.40. The second kappa shape index (κ2) is 6.37. The monoisotopic (exact) mass is 305 g/mol. The number of carbonyl (C=O) groups excluding carboxylic acids is 2. The Labute approximate surface area is 126 Å². The number of hydrogen-bond donors (Lipinski definition) is 0. The van der Waals surface area contributed by atoms with Gasteiger partial charge in [-0.05, 0) is 31.2 Å². The molecular formula is C15H12ClNO4. The van der Waals surface area contributed by atoms with E-state index in [1.54, 1.807) is 24.3 Å². The third-order valence-corrected chi connectivity index (χ3v) is 3.07. The van der Waals surface area contributed by atoms with Crippen molar-refractivity contribution in [3.63, 3.8) is 0 Å². The van der Waals surface area contributed by atoms with Gasteiger partial charge in [0.1, 0.15) is 0 Å². The van der Waals surface area contributed by atoms with Crippen LogP contribution in [0.25, 0.3) is 0 Å². The lowest BCUT2D eigenvalue weighted by molar-refractivity contribution is -0.605. The molecule has 0 N–H and O–H groups in total. The van der Waals surface area contributed by atoms with Crippen LogP contribution in [0.15, 0.2) is 48.8 Å². The molecule has 0 unspecified atom stereocenters. The van der Waals surface area contributed by atoms with Gasteiger partial charge >= 0.3 is 5.97 Å². The van der Waals surface area contributed by atoms with E-state index < -0.39 is 12.1 Å². The number of halogens is 1. The van der Waals surface area contributed by atoms with Crippen molar-refractivity contribution in [3.05, 3.63) is 70.1 Å². The van der Waals surface area contributed by atoms with E-state index in [2.05, 4.69) is 0 Å². The number of esters is 1. The maximum atomic E-state index is 12.1. The minimum atomic E-state index is -0.932. The van der Waals surface area contributed by atoms with Gasteiger partial charge in [0, 0.05) is 22.7 Å². The molecule has 0 bridgehead atoms. The Morgan fingerprint density at radius 3 is 2.24 bits per heavy atom. The van der Waals surface area contributed by atoms with Crippen molar-refractivity contribution in [1.82, 2.24) is 0 Å². The van der Waals surface area contributed by atoms with E-state index in [9.17, 15) is 14.8 Å². The molecule has 21 heavy (non-hydrogen) atoms. The topological polar surface area (TPSA) is 70.3 Å². The summed E-state index contributed by atoms with van der Waals surface area (Å²) in [6.45, 7) is 1.49. The highest BCUT2D eigenvalue weighted by Crippen LogP contribution is 2.13. The van der Waals surface area contributed by atoms with Crippen LogP contribution in [0, 0.1) is 5.21 Å². The summed E-state index contributed by atoms with van der Waals surface area (Å²) in [5, 5.41) is 11.4. The highest BCUT2D eigenvalue weighted by atomic mass is 35.5. The number of Topliss-reactive ketones (excluding diaryl/α,β-unsaturated/α-hetero) is 1. The third kappa shape index (κ3) is 3.79. The molecule has 1 atom stereocenters. The summed E-state index contributed by atoms with van der Waals surface area (Å²) in [7, 11) is 0. The number of aromatic nitrogens is 1. The quantitative estimate of drug-likeness (QED) is 0.376. The van der Waals surface area contributed by atoms with E-state index in [0.29, 0.717) is 15.3 Å². The van der Waals surface area contributed by atoms with Crippen molar-refractivity contribution in [3.8, 4) is 0 Å². The van der Waals surface area contributed by atoms with Gasteiger partial charge in [0.05, 0.1) is 5.56 Å². The molecule has 0 radical (unpaired) electrons. The van der Waals surface area contributed by atoms with Crippen molar-refractivity contribution < 1.29 is 19.1 Å². The van der Waals surface area contributed by atoms with Gasteiger partial charge in [-0.25, -0.2) is 4.79 Å². The molecule has 0 amide bonds. The van der Waals surface area contributed by atoms with Crippen LogP contribution in [0.5, 0.6) is 0 Å². The molecule has 5 nitrogen and oxygen atoms in total. The number of hydrogen-bond acceptors (Lipinski definition) is 4. The number of rotatable bonds is 4. The zero-order valence-corrected chi connectivity index (χ0v) is 11.9. The second-order valence-electron chi connectivity index (χ2n) is 4.37. The van der Waals surface area contributed by atoms with Crippen LogP contribution in [0.4, 0.5) is 0 Å². The lowest BCUT2D eigenvalue weighted by atomic mass is 10.1. The van der Waals surface area contributed by atoms with E-state index in [4.69, 9.17) is 16.3 Å². The molecular weight excluding hydrogens is 294 g/mol. The van der Waals surface area contributed by atoms with Crippen molar-refractivity contribution in [2.24, 2.45) is 0 Å². The Kier molecular flexibility index (Phi) is 4.55. The van der Waals surface area contributed by atoms with Gasteiger partial charge in [-0.2, -0.15) is 4.73 Å². The SMILES string of the molecule is C[C@@H](OC(=O)c1cc[n+]([O-])cc1)C(=O)c1ccc(Cl)cc1. The van der Waals surface area contributed by atoms with Gasteiger partial charge in [-0.15, -0.1) is 0 Å². The van der Waals surface area contributed by atoms with Crippen LogP contribution >= 0.6 is 11.6 Å². The van der Waals surface area contributed by atoms with Crippen LogP contribution in [0.3, 0.4) is 0 Å². The maximum absolute atomic E-state index is 12.1. The molecule has 0 saturated heterocycles. The molecule has 108 valence electrons. The van der Waals surface area contributed by atoms with E-state index >= 15 is 0 Å². The zero-order valence-electron chi connectivity index (χ0n) is 11.2. The summed E-state index contributed by atoms with van der Waals surface area (Å²) in [6, 6.07) is 8.97. The third-order valence-electron chi connectivity index (χ3n) is 2.82. The van der Waals surface area contributed by atoms with Crippen molar-refractivity contribution >= 4 is 23.4 Å². The van der Waals surface area contributed by atoms with Gasteiger partial charge in [-0.3, -0.25) is 4.79 Å². The van der Waals surface area contributed by atoms with Gasteiger partial charge in [0.15, 0.2) is 18.5 Å². The second-order valence-corrected chi connectivity index (χ2v) is 4.80. The molecule has 0 aliphatic carbocycles. The minimum absolute atomic E-state index is 0.206. The number of carbonyl (C=O) groups is 2. The molecule has 2 aromatic rings. The summed E-state index contributed by atoms with van der Waals surface area (Å²) >= 11 is 5.75. The van der Waals surface area contributed by atoms with Crippen molar-refractivity contribution in [2.45, 2.75) is 13.0 Å². The standard InChI is InChI=1S/C15H12ClNO4/c1-10(14(18)11-2-4-13(16)5-3-11)21-15(19)12-6-8-17(20)9-7-12/h2-10H,1H3/t10-/m1/s1. The first-order valence-electron chi connectivity index (χ1n) is 6.17. The summed E-state index contributed by atoms with van der Waals surface area (Å²) in [5.41, 5.74) is 0.614. The van der Waals surface area contributed by atoms with Gasteiger partial charge in [0.25, 0.3) is 0 Å². The van der Waals surface area contributed by atoms with E-state index in [0.717, 1.165) is 0 Å². The van der Waals surface area contributed by atoms with Crippen molar-refractivity contribution in [1.29, 1.82) is 0 Å². The predicted octanol–water partition coefficient (Wildman–Crippen LogP) is 2.40. The molecule has 2 rings (SSSR count). The molecule has 0 spiro atoms. The zero-order chi connectivity index (χ0) is 15.4. The normalized spacial score (nSPS) is 11.7. The number of nitrogens with zero attached hydrogens (tertiary/aromatic N) is 1. The number of benzene rings is 1. The van der Waals surface area contributed by atoms with Crippen LogP contribution in [-0.2, 0) is 4.74 Å². The Bertz CT molecular complexity index is 652. The summed E-state index contributed by atoms with van der Waals surface area (Å²) < 4.78 is 5.64. The Balaban J connectivity index is 2.05. The molecule has 1 aromatic carbocycles. The molecule has 6 heteroatoms. The van der Waals surface area contributed by atoms with Crippen LogP contribution in [0.1, 0.15) is 27.6 Å². The van der Waals surface area contributed by atoms with E-state index in [1.807, 2.05) is 0 Å². The lowest BCUT2D eigenvalue weighted by Gasteiger charge is -2.12. The fourth-order valence-electron chi connectivity index (χ4n) is 1.68. The fraction of sp³-hybridized carbons (Fsp3) is 0.133. The molecule has 1 heterocycles. The van der Waals surface area contributed by atoms with E-state index in [1.165, 1.54) is 31.5 Å². The highest BCUT2D eigenvalue weighted by Gasteiger charge is 2.20. The maximum Gasteiger partial charge on any atom is 0.339 e. The molecule has 1 aromatic heterocycles. The molecule has 0 fully saturated rings. The summed E-state index contributed by atoms with van der Waals surface area (Å²) in [5.74, 6) is -0.986. The number of ether oxygens (including phenoxy) is 1. The molecule has 0 aliphatic heterocycles. The van der Waals surface area contributed by atoms with E-state index in [-0.39, 0.29) is 11.3 Å². The fourth-order valence-corrected chi connectivity index (χ4v) is 1.81. The first-order chi connectivity index (χ1) is 9.97. The molecule has 0 saturated carbocycles. The first-order valence-corrected chi connectivity index (χ1v) is 6.55. The Morgan fingerprint density at radius 2 is 1.67 bits per heavy atom. The first kappa shape index (κ1) is 15.0. The minimum Gasteiger partial charge on any atom is -0.619 e. The summed E-state index contributed by atoms with van der Waals surface area (Å²) in [4.78, 5) is 24.0. The lowest BCUT2D eigenvalue weighted by Crippen LogP contribution is -2.27. The van der Waals surface area contributed by atoms with Crippen molar-refractivity contribution in [2.75, 3.05) is 0 Å². The Morgan fingerprint density at radius 1 is 1.10 bits per heavy atom.